The maximum atomic E-state index is 9.09. The zero-order chi connectivity index (χ0) is 7.47. The smallest absolute Gasteiger partial charge is 0.0587 e. The molecule has 3 rings (SSSR count). The molecule has 1 heterocycles. The molecule has 0 bridgehead atoms. The highest BCUT2D eigenvalue weighted by atomic mass is 16.3. The zero-order valence-electron chi connectivity index (χ0n) is 6.71. The average molecular weight is 153 g/mol. The molecule has 3 aliphatic rings. The molecule has 0 aromatic heterocycles. The fraction of sp³-hybridized carbons (Fsp3) is 1.00. The molecule has 2 nitrogen and oxygen atoms in total. The number of aliphatic hydroxyl groups excluding tert-OH is 1. The lowest BCUT2D eigenvalue weighted by Gasteiger charge is -2.29. The van der Waals surface area contributed by atoms with Crippen LogP contribution in [-0.2, 0) is 0 Å². The number of hydrogen-bond donors (Lipinski definition) is 2. The Morgan fingerprint density at radius 1 is 1.45 bits per heavy atom. The summed E-state index contributed by atoms with van der Waals surface area (Å²) in [5.41, 5.74) is 0.505. The molecule has 2 N–H and O–H groups in total. The van der Waals surface area contributed by atoms with Crippen LogP contribution in [0.25, 0.3) is 0 Å². The molecule has 2 heteroatoms. The molecule has 0 radical (unpaired) electrons. The highest BCUT2D eigenvalue weighted by molar-refractivity contribution is 5.14. The van der Waals surface area contributed by atoms with Gasteiger partial charge in [0.1, 0.15) is 0 Å². The van der Waals surface area contributed by atoms with Crippen LogP contribution in [0.4, 0.5) is 0 Å². The molecule has 0 aromatic rings. The van der Waals surface area contributed by atoms with Gasteiger partial charge in [-0.05, 0) is 37.5 Å². The Morgan fingerprint density at radius 3 is 2.91 bits per heavy atom. The van der Waals surface area contributed by atoms with Crippen LogP contribution in [0, 0.1) is 11.8 Å². The van der Waals surface area contributed by atoms with Crippen LogP contribution < -0.4 is 5.32 Å². The van der Waals surface area contributed by atoms with E-state index < -0.39 is 0 Å². The largest absolute Gasteiger partial charge is 0.395 e. The first kappa shape index (κ1) is 6.44. The van der Waals surface area contributed by atoms with E-state index in [4.69, 9.17) is 5.11 Å². The molecule has 3 fully saturated rings. The van der Waals surface area contributed by atoms with E-state index in [1.54, 1.807) is 0 Å². The average Bonchev–Trinajstić information content (AvgIpc) is 2.88. The second kappa shape index (κ2) is 1.80. The Balaban J connectivity index is 1.77. The van der Waals surface area contributed by atoms with E-state index in [0.717, 1.165) is 11.8 Å². The minimum absolute atomic E-state index is 0.350. The van der Waals surface area contributed by atoms with Crippen molar-refractivity contribution in [2.24, 2.45) is 11.8 Å². The molecule has 3 unspecified atom stereocenters. The highest BCUT2D eigenvalue weighted by Crippen LogP contribution is 2.56. The Bertz CT molecular complexity index is 188. The van der Waals surface area contributed by atoms with E-state index in [1.807, 2.05) is 0 Å². The number of piperidine rings is 1. The van der Waals surface area contributed by atoms with Crippen LogP contribution in [0.3, 0.4) is 0 Å². The van der Waals surface area contributed by atoms with E-state index in [9.17, 15) is 0 Å². The summed E-state index contributed by atoms with van der Waals surface area (Å²) in [6.07, 6.45) is 5.48. The summed E-state index contributed by atoms with van der Waals surface area (Å²) in [5.74, 6) is 1.79. The zero-order valence-corrected chi connectivity index (χ0v) is 6.71. The normalized spacial score (nSPS) is 50.5. The minimum atomic E-state index is 0.350. The molecule has 1 aliphatic heterocycles. The molecule has 0 amide bonds. The van der Waals surface area contributed by atoms with Crippen molar-refractivity contribution in [1.29, 1.82) is 0 Å². The number of fused-ring (bicyclic) bond motifs is 1. The molecule has 11 heavy (non-hydrogen) atoms. The number of nitrogens with one attached hydrogen (secondary N) is 1. The molecular formula is C9H15NO. The third-order valence-corrected chi connectivity index (χ3v) is 3.69. The van der Waals surface area contributed by atoms with Crippen molar-refractivity contribution in [3.05, 3.63) is 0 Å². The van der Waals surface area contributed by atoms with Crippen molar-refractivity contribution in [2.75, 3.05) is 6.61 Å². The third kappa shape index (κ3) is 0.859. The van der Waals surface area contributed by atoms with Crippen molar-refractivity contribution in [1.82, 2.24) is 5.32 Å². The number of hydrogen-bond acceptors (Lipinski definition) is 2. The first-order chi connectivity index (χ1) is 5.33. The van der Waals surface area contributed by atoms with Crippen molar-refractivity contribution < 1.29 is 5.11 Å². The number of rotatable bonds is 1. The van der Waals surface area contributed by atoms with Crippen LogP contribution in [-0.4, -0.2) is 23.3 Å². The second-order valence-electron chi connectivity index (χ2n) is 4.58. The Labute approximate surface area is 67.0 Å². The Kier molecular flexibility index (Phi) is 1.06. The fourth-order valence-electron chi connectivity index (χ4n) is 2.74. The molecule has 0 aromatic carbocycles. The van der Waals surface area contributed by atoms with Gasteiger partial charge in [-0.3, -0.25) is 0 Å². The van der Waals surface area contributed by atoms with Gasteiger partial charge in [0.05, 0.1) is 6.61 Å². The predicted octanol–water partition coefficient (Wildman–Crippen LogP) is 0.509. The van der Waals surface area contributed by atoms with Gasteiger partial charge >= 0.3 is 0 Å². The van der Waals surface area contributed by atoms with Crippen LogP contribution in [0.2, 0.25) is 0 Å². The summed E-state index contributed by atoms with van der Waals surface area (Å²) in [5, 5.41) is 12.7. The fourth-order valence-corrected chi connectivity index (χ4v) is 2.74. The summed E-state index contributed by atoms with van der Waals surface area (Å²) in [6.45, 7) is 0.350. The van der Waals surface area contributed by atoms with Gasteiger partial charge < -0.3 is 10.4 Å². The van der Waals surface area contributed by atoms with Crippen LogP contribution in [0.1, 0.15) is 25.7 Å². The SMILES string of the molecule is OCC1NC2(CC2)CC2CC21. The van der Waals surface area contributed by atoms with Gasteiger partial charge in [0.25, 0.3) is 0 Å². The first-order valence-electron chi connectivity index (χ1n) is 4.72. The lowest BCUT2D eigenvalue weighted by Crippen LogP contribution is -2.47. The van der Waals surface area contributed by atoms with E-state index in [-0.39, 0.29) is 0 Å². The molecule has 1 saturated heterocycles. The van der Waals surface area contributed by atoms with E-state index >= 15 is 0 Å². The summed E-state index contributed by atoms with van der Waals surface area (Å²) < 4.78 is 0. The molecule has 2 aliphatic carbocycles. The molecule has 1 spiro atoms. The third-order valence-electron chi connectivity index (χ3n) is 3.69. The van der Waals surface area contributed by atoms with Gasteiger partial charge in [-0.2, -0.15) is 0 Å². The Hall–Kier alpha value is -0.0800. The minimum Gasteiger partial charge on any atom is -0.395 e. The van der Waals surface area contributed by atoms with Crippen LogP contribution >= 0.6 is 0 Å². The lowest BCUT2D eigenvalue weighted by atomic mass is 9.97. The number of aliphatic hydroxyl groups is 1. The highest BCUT2D eigenvalue weighted by Gasteiger charge is 2.57. The molecular weight excluding hydrogens is 138 g/mol. The topological polar surface area (TPSA) is 32.3 Å². The van der Waals surface area contributed by atoms with Crippen molar-refractivity contribution in [2.45, 2.75) is 37.3 Å². The maximum Gasteiger partial charge on any atom is 0.0587 e. The van der Waals surface area contributed by atoms with Crippen molar-refractivity contribution >= 4 is 0 Å². The standard InChI is InChI=1S/C9H15NO/c11-5-8-7-3-6(7)4-9(10-8)1-2-9/h6-8,10-11H,1-5H2. The summed E-state index contributed by atoms with van der Waals surface area (Å²) in [6, 6.07) is 0.441. The van der Waals surface area contributed by atoms with Crippen molar-refractivity contribution in [3.63, 3.8) is 0 Å². The predicted molar refractivity (Wildman–Crippen MR) is 42.2 cm³/mol. The van der Waals surface area contributed by atoms with E-state index in [0.29, 0.717) is 18.2 Å². The molecule has 2 saturated carbocycles. The lowest BCUT2D eigenvalue weighted by molar-refractivity contribution is 0.182. The van der Waals surface area contributed by atoms with Gasteiger partial charge in [-0.25, -0.2) is 0 Å². The van der Waals surface area contributed by atoms with Gasteiger partial charge in [0.2, 0.25) is 0 Å². The second-order valence-corrected chi connectivity index (χ2v) is 4.58. The van der Waals surface area contributed by atoms with E-state index in [1.165, 1.54) is 25.7 Å². The monoisotopic (exact) mass is 153 g/mol. The maximum absolute atomic E-state index is 9.09. The van der Waals surface area contributed by atoms with Crippen LogP contribution in [0.15, 0.2) is 0 Å². The summed E-state index contributed by atoms with van der Waals surface area (Å²) >= 11 is 0. The van der Waals surface area contributed by atoms with Crippen LogP contribution in [0.5, 0.6) is 0 Å². The van der Waals surface area contributed by atoms with Gasteiger partial charge in [-0.1, -0.05) is 0 Å². The quantitative estimate of drug-likeness (QED) is 0.575. The first-order valence-corrected chi connectivity index (χ1v) is 4.72. The molecule has 3 atom stereocenters. The van der Waals surface area contributed by atoms with E-state index in [2.05, 4.69) is 5.32 Å². The van der Waals surface area contributed by atoms with Crippen molar-refractivity contribution in [3.8, 4) is 0 Å². The molecule has 62 valence electrons. The Morgan fingerprint density at radius 2 is 2.27 bits per heavy atom. The van der Waals surface area contributed by atoms with Gasteiger partial charge in [0, 0.05) is 11.6 Å². The summed E-state index contributed by atoms with van der Waals surface area (Å²) in [4.78, 5) is 0. The van der Waals surface area contributed by atoms with Gasteiger partial charge in [0.15, 0.2) is 0 Å². The van der Waals surface area contributed by atoms with Gasteiger partial charge in [-0.15, -0.1) is 0 Å². The summed E-state index contributed by atoms with van der Waals surface area (Å²) in [7, 11) is 0.